The average molecular weight is 515 g/mol. The van der Waals surface area contributed by atoms with Gasteiger partial charge in [-0.05, 0) is 83.9 Å². The fraction of sp³-hybridized carbons (Fsp3) is 0.542. The molecule has 0 heterocycles. The van der Waals surface area contributed by atoms with Crippen LogP contribution in [0.25, 0.3) is 0 Å². The van der Waals surface area contributed by atoms with E-state index < -0.39 is 17.5 Å². The van der Waals surface area contributed by atoms with E-state index in [9.17, 15) is 31.9 Å². The molecule has 1 rings (SSSR count). The van der Waals surface area contributed by atoms with Gasteiger partial charge >= 0.3 is 6.18 Å². The van der Waals surface area contributed by atoms with Crippen molar-refractivity contribution in [3.63, 3.8) is 0 Å². The van der Waals surface area contributed by atoms with Gasteiger partial charge in [0.25, 0.3) is 0 Å². The van der Waals surface area contributed by atoms with Gasteiger partial charge in [0, 0.05) is 16.9 Å². The zero-order chi connectivity index (χ0) is 26.9. The first-order valence-corrected chi connectivity index (χ1v) is 11.7. The highest BCUT2D eigenvalue weighted by atomic mass is 35.5. The number of hydrogen-bond donors (Lipinski definition) is 0. The molecule has 0 fully saturated rings. The molecule has 0 spiro atoms. The summed E-state index contributed by atoms with van der Waals surface area (Å²) in [4.78, 5) is 31.5. The fourth-order valence-electron chi connectivity index (χ4n) is 1.72. The molecule has 0 aliphatic heterocycles. The zero-order valence-corrected chi connectivity index (χ0v) is 22.4. The first-order chi connectivity index (χ1) is 15.0. The second-order valence-corrected chi connectivity index (χ2v) is 8.44. The van der Waals surface area contributed by atoms with Gasteiger partial charge in [-0.1, -0.05) is 25.4 Å². The van der Waals surface area contributed by atoms with Crippen molar-refractivity contribution >= 4 is 40.7 Å². The van der Waals surface area contributed by atoms with Gasteiger partial charge in [0.15, 0.2) is 5.78 Å². The molecule has 1 aromatic rings. The highest BCUT2D eigenvalue weighted by molar-refractivity contribution is 7.99. The molecule has 0 radical (unpaired) electrons. The summed E-state index contributed by atoms with van der Waals surface area (Å²) >= 11 is 7.48. The van der Waals surface area contributed by atoms with Gasteiger partial charge in [0.2, 0.25) is 0 Å². The number of aryl methyl sites for hydroxylation is 1. The number of alkyl halides is 3. The van der Waals surface area contributed by atoms with E-state index in [-0.39, 0.29) is 23.0 Å². The number of allylic oxidation sites excluding steroid dienone is 2. The number of rotatable bonds is 6. The third kappa shape index (κ3) is 19.5. The minimum atomic E-state index is -4.38. The van der Waals surface area contributed by atoms with Crippen LogP contribution < -0.4 is 0 Å². The molecule has 0 aliphatic carbocycles. The van der Waals surface area contributed by atoms with E-state index in [0.29, 0.717) is 17.0 Å². The molecule has 0 aromatic heterocycles. The summed E-state index contributed by atoms with van der Waals surface area (Å²) in [5.41, 5.74) is -0.444. The quantitative estimate of drug-likeness (QED) is 0.166. The lowest BCUT2D eigenvalue weighted by atomic mass is 10.1. The minimum Gasteiger partial charge on any atom is -0.300 e. The number of ketones is 3. The summed E-state index contributed by atoms with van der Waals surface area (Å²) in [6.45, 7) is 13.5. The van der Waals surface area contributed by atoms with Crippen LogP contribution in [-0.2, 0) is 14.4 Å². The van der Waals surface area contributed by atoms with Gasteiger partial charge in [-0.25, -0.2) is 4.39 Å². The lowest BCUT2D eigenvalue weighted by Crippen LogP contribution is -2.13. The van der Waals surface area contributed by atoms with Crippen LogP contribution in [0.2, 0.25) is 5.02 Å². The number of halogens is 5. The Labute approximate surface area is 204 Å². The van der Waals surface area contributed by atoms with Crippen molar-refractivity contribution in [1.29, 1.82) is 0 Å². The van der Waals surface area contributed by atoms with Crippen LogP contribution in [0.3, 0.4) is 0 Å². The summed E-state index contributed by atoms with van der Waals surface area (Å²) in [6, 6.07) is 3.08. The maximum atomic E-state index is 13.1. The SMILES string of the molecule is CC.CC(=O)/C(C)=C(\C)C(F)(F)F.CC(=O)CCCSc1cc(C)c(F)cc1Cl.CC(C)=O. The van der Waals surface area contributed by atoms with Crippen LogP contribution in [0, 0.1) is 12.7 Å². The van der Waals surface area contributed by atoms with Crippen molar-refractivity contribution in [2.75, 3.05) is 5.75 Å². The Balaban J connectivity index is -0.000000459. The number of carbonyl (C=O) groups is 3. The summed E-state index contributed by atoms with van der Waals surface area (Å²) < 4.78 is 48.7. The molecule has 9 heteroatoms. The predicted octanol–water partition coefficient (Wildman–Crippen LogP) is 8.34. The summed E-state index contributed by atoms with van der Waals surface area (Å²) in [6.07, 6.45) is -2.96. The molecule has 3 nitrogen and oxygen atoms in total. The Hall–Kier alpha value is -1.67. The van der Waals surface area contributed by atoms with E-state index in [1.54, 1.807) is 31.7 Å². The Morgan fingerprint density at radius 3 is 1.76 bits per heavy atom. The standard InChI is InChI=1S/C12H14ClFOS.C7H9F3O.C3H6O.C2H6/c1-8-6-12(10(13)7-11(8)14)16-5-3-4-9(2)15;1-4(6(3)11)5(2)7(8,9)10;1-3(2)4;1-2/h6-7H,3-5H2,1-2H3;1-3H3;1-2H3;1-2H3/b;5-4+;;. The fourth-order valence-corrected chi connectivity index (χ4v) is 3.00. The monoisotopic (exact) mass is 514 g/mol. The molecular weight excluding hydrogens is 480 g/mol. The van der Waals surface area contributed by atoms with Gasteiger partial charge in [-0.3, -0.25) is 4.79 Å². The second kappa shape index (κ2) is 18.7. The molecule has 33 heavy (non-hydrogen) atoms. The summed E-state index contributed by atoms with van der Waals surface area (Å²) in [7, 11) is 0. The molecule has 1 aromatic carbocycles. The third-order valence-corrected chi connectivity index (χ3v) is 5.23. The number of benzene rings is 1. The van der Waals surface area contributed by atoms with Crippen LogP contribution in [0.1, 0.15) is 73.8 Å². The highest BCUT2D eigenvalue weighted by Gasteiger charge is 2.32. The smallest absolute Gasteiger partial charge is 0.300 e. The second-order valence-electron chi connectivity index (χ2n) is 6.90. The maximum absolute atomic E-state index is 13.1. The maximum Gasteiger partial charge on any atom is 0.412 e. The topological polar surface area (TPSA) is 51.2 Å². The lowest BCUT2D eigenvalue weighted by Gasteiger charge is -2.08. The Kier molecular flexibility index (Phi) is 20.4. The van der Waals surface area contributed by atoms with E-state index >= 15 is 0 Å². The van der Waals surface area contributed by atoms with E-state index in [1.165, 1.54) is 26.8 Å². The molecule has 0 saturated heterocycles. The highest BCUT2D eigenvalue weighted by Crippen LogP contribution is 2.30. The number of thioether (sulfide) groups is 1. The van der Waals surface area contributed by atoms with E-state index in [0.717, 1.165) is 30.9 Å². The lowest BCUT2D eigenvalue weighted by molar-refractivity contribution is -0.117. The number of Topliss-reactive ketones (excluding diaryl/α,β-unsaturated/α-hetero) is 3. The largest absolute Gasteiger partial charge is 0.412 e. The van der Waals surface area contributed by atoms with Crippen molar-refractivity contribution in [2.45, 2.75) is 86.2 Å². The van der Waals surface area contributed by atoms with Gasteiger partial charge in [0.1, 0.15) is 17.4 Å². The molecule has 0 amide bonds. The van der Waals surface area contributed by atoms with Gasteiger partial charge < -0.3 is 9.59 Å². The van der Waals surface area contributed by atoms with E-state index in [1.807, 2.05) is 13.8 Å². The number of hydrogen-bond acceptors (Lipinski definition) is 4. The third-order valence-electron chi connectivity index (χ3n) is 3.66. The predicted molar refractivity (Wildman–Crippen MR) is 130 cm³/mol. The van der Waals surface area contributed by atoms with E-state index in [4.69, 9.17) is 11.6 Å². The average Bonchev–Trinajstić information content (AvgIpc) is 2.68. The molecular formula is C24H35ClF4O3S. The number of carbonyl (C=O) groups excluding carboxylic acids is 3. The van der Waals surface area contributed by atoms with Crippen molar-refractivity contribution < 1.29 is 31.9 Å². The van der Waals surface area contributed by atoms with Gasteiger partial charge in [0.05, 0.1) is 5.02 Å². The molecule has 0 saturated carbocycles. The molecule has 0 atom stereocenters. The molecule has 0 aliphatic rings. The van der Waals surface area contributed by atoms with Crippen molar-refractivity contribution in [3.8, 4) is 0 Å². The van der Waals surface area contributed by atoms with Crippen LogP contribution >= 0.6 is 23.4 Å². The molecule has 0 bridgehead atoms. The Bertz CT molecular complexity index is 800. The van der Waals surface area contributed by atoms with Gasteiger partial charge in [-0.2, -0.15) is 13.2 Å². The van der Waals surface area contributed by atoms with E-state index in [2.05, 4.69) is 0 Å². The van der Waals surface area contributed by atoms with Crippen molar-refractivity contribution in [2.24, 2.45) is 0 Å². The van der Waals surface area contributed by atoms with Crippen molar-refractivity contribution in [1.82, 2.24) is 0 Å². The van der Waals surface area contributed by atoms with Crippen molar-refractivity contribution in [3.05, 3.63) is 39.7 Å². The Morgan fingerprint density at radius 2 is 1.42 bits per heavy atom. The summed E-state index contributed by atoms with van der Waals surface area (Å²) in [5.74, 6) is 0.365. The van der Waals surface area contributed by atoms with Gasteiger partial charge in [-0.15, -0.1) is 11.8 Å². The first kappa shape index (κ1) is 35.9. The van der Waals surface area contributed by atoms with Crippen LogP contribution in [0.15, 0.2) is 28.2 Å². The molecule has 190 valence electrons. The summed E-state index contributed by atoms with van der Waals surface area (Å²) in [5, 5.41) is 0.441. The Morgan fingerprint density at radius 1 is 0.970 bits per heavy atom. The van der Waals surface area contributed by atoms with Crippen LogP contribution in [0.5, 0.6) is 0 Å². The van der Waals surface area contributed by atoms with Crippen LogP contribution in [0.4, 0.5) is 17.6 Å². The molecule has 0 unspecified atom stereocenters. The zero-order valence-electron chi connectivity index (χ0n) is 20.8. The first-order valence-electron chi connectivity index (χ1n) is 10.3. The molecule has 0 N–H and O–H groups in total. The van der Waals surface area contributed by atoms with Crippen LogP contribution in [-0.4, -0.2) is 29.3 Å². The normalized spacial score (nSPS) is 10.8. The minimum absolute atomic E-state index is 0.167.